The Labute approximate surface area is 175 Å². The maximum Gasteiger partial charge on any atom is 0.321 e. The van der Waals surface area contributed by atoms with Crippen LogP contribution in [0.15, 0.2) is 72.8 Å². The zero-order valence-corrected chi connectivity index (χ0v) is 16.6. The van der Waals surface area contributed by atoms with Gasteiger partial charge in [-0.15, -0.1) is 0 Å². The van der Waals surface area contributed by atoms with Crippen molar-refractivity contribution in [2.24, 2.45) is 5.73 Å². The molecule has 1 aliphatic rings. The molecule has 3 aromatic rings. The molecule has 0 unspecified atom stereocenters. The minimum atomic E-state index is -0.130. The maximum atomic E-state index is 12.7. The van der Waals surface area contributed by atoms with Crippen LogP contribution in [0, 0.1) is 0 Å². The van der Waals surface area contributed by atoms with Gasteiger partial charge in [-0.05, 0) is 52.6 Å². The lowest BCUT2D eigenvalue weighted by molar-refractivity contribution is 0.0951. The number of benzene rings is 3. The highest BCUT2D eigenvalue weighted by Crippen LogP contribution is 2.22. The minimum Gasteiger partial charge on any atom is -0.348 e. The molecule has 0 bridgehead atoms. The van der Waals surface area contributed by atoms with Gasteiger partial charge < -0.3 is 16.4 Å². The Morgan fingerprint density at radius 1 is 0.967 bits per heavy atom. The van der Waals surface area contributed by atoms with E-state index in [1.54, 1.807) is 11.0 Å². The number of carbonyl (C=O) groups excluding carboxylic acids is 2. The van der Waals surface area contributed by atoms with E-state index in [0.29, 0.717) is 31.7 Å². The summed E-state index contributed by atoms with van der Waals surface area (Å²) >= 11 is 0. The molecule has 4 rings (SSSR count). The first-order valence-corrected chi connectivity index (χ1v) is 9.96. The number of urea groups is 1. The zero-order valence-electron chi connectivity index (χ0n) is 16.6. The Balaban J connectivity index is 1.41. The quantitative estimate of drug-likeness (QED) is 0.593. The summed E-state index contributed by atoms with van der Waals surface area (Å²) in [4.78, 5) is 26.1. The molecule has 1 fully saturated rings. The van der Waals surface area contributed by atoms with E-state index in [2.05, 4.69) is 10.6 Å². The van der Waals surface area contributed by atoms with Crippen LogP contribution in [0.1, 0.15) is 21.5 Å². The second-order valence-electron chi connectivity index (χ2n) is 7.22. The molecular formula is C24H24N4O2. The van der Waals surface area contributed by atoms with Crippen LogP contribution in [0.3, 0.4) is 0 Å². The van der Waals surface area contributed by atoms with Gasteiger partial charge in [-0.1, -0.05) is 42.5 Å². The SMILES string of the molecule is NCc1cccc(-c2cccc(C(=O)NCc3ccc(N4CCNC4=O)cc3)c2)c1. The first kappa shape index (κ1) is 19.7. The van der Waals surface area contributed by atoms with Crippen molar-refractivity contribution in [3.63, 3.8) is 0 Å². The van der Waals surface area contributed by atoms with E-state index in [4.69, 9.17) is 5.73 Å². The van der Waals surface area contributed by atoms with Crippen LogP contribution in [-0.2, 0) is 13.1 Å². The van der Waals surface area contributed by atoms with Crippen molar-refractivity contribution >= 4 is 17.6 Å². The summed E-state index contributed by atoms with van der Waals surface area (Å²) in [6.07, 6.45) is 0. The van der Waals surface area contributed by atoms with Crippen molar-refractivity contribution in [2.45, 2.75) is 13.1 Å². The van der Waals surface area contributed by atoms with E-state index < -0.39 is 0 Å². The fraction of sp³-hybridized carbons (Fsp3) is 0.167. The van der Waals surface area contributed by atoms with Crippen molar-refractivity contribution in [3.05, 3.63) is 89.5 Å². The number of nitrogens with one attached hydrogen (secondary N) is 2. The standard InChI is InChI=1S/C24H24N4O2/c25-15-18-3-1-4-19(13-18)20-5-2-6-21(14-20)23(29)27-16-17-7-9-22(10-8-17)28-12-11-26-24(28)30/h1-10,13-14H,11-12,15-16,25H2,(H,26,30)(H,27,29). The van der Waals surface area contributed by atoms with Crippen molar-refractivity contribution in [3.8, 4) is 11.1 Å². The molecule has 0 radical (unpaired) electrons. The fourth-order valence-electron chi connectivity index (χ4n) is 3.51. The Morgan fingerprint density at radius 2 is 1.70 bits per heavy atom. The third-order valence-electron chi connectivity index (χ3n) is 5.18. The minimum absolute atomic E-state index is 0.0760. The molecule has 0 atom stereocenters. The largest absolute Gasteiger partial charge is 0.348 e. The van der Waals surface area contributed by atoms with Gasteiger partial charge in [0.1, 0.15) is 0 Å². The molecule has 1 heterocycles. The maximum absolute atomic E-state index is 12.7. The smallest absolute Gasteiger partial charge is 0.321 e. The van der Waals surface area contributed by atoms with Crippen molar-refractivity contribution in [1.82, 2.24) is 10.6 Å². The lowest BCUT2D eigenvalue weighted by atomic mass is 10.0. The topological polar surface area (TPSA) is 87.5 Å². The van der Waals surface area contributed by atoms with Crippen molar-refractivity contribution in [1.29, 1.82) is 0 Å². The van der Waals surface area contributed by atoms with Crippen LogP contribution >= 0.6 is 0 Å². The first-order chi connectivity index (χ1) is 14.6. The predicted molar refractivity (Wildman–Crippen MR) is 118 cm³/mol. The van der Waals surface area contributed by atoms with E-state index in [1.165, 1.54) is 0 Å². The summed E-state index contributed by atoms with van der Waals surface area (Å²) in [5.74, 6) is -0.130. The Hall–Kier alpha value is -3.64. The van der Waals surface area contributed by atoms with E-state index >= 15 is 0 Å². The summed E-state index contributed by atoms with van der Waals surface area (Å²) < 4.78 is 0. The molecule has 1 aliphatic heterocycles. The average Bonchev–Trinajstić information content (AvgIpc) is 3.23. The molecule has 152 valence electrons. The molecule has 0 saturated carbocycles. The third-order valence-corrected chi connectivity index (χ3v) is 5.18. The fourth-order valence-corrected chi connectivity index (χ4v) is 3.51. The average molecular weight is 400 g/mol. The van der Waals surface area contributed by atoms with Crippen LogP contribution in [0.4, 0.5) is 10.5 Å². The molecule has 0 aromatic heterocycles. The molecule has 6 heteroatoms. The number of carbonyl (C=O) groups is 2. The van der Waals surface area contributed by atoms with Crippen molar-refractivity contribution < 1.29 is 9.59 Å². The summed E-state index contributed by atoms with van der Waals surface area (Å²) in [5, 5.41) is 5.75. The highest BCUT2D eigenvalue weighted by Gasteiger charge is 2.20. The molecule has 0 aliphatic carbocycles. The van der Waals surface area contributed by atoms with Crippen LogP contribution in [-0.4, -0.2) is 25.0 Å². The lowest BCUT2D eigenvalue weighted by Gasteiger charge is -2.14. The summed E-state index contributed by atoms with van der Waals surface area (Å²) in [6.45, 7) is 2.22. The van der Waals surface area contributed by atoms with E-state index in [0.717, 1.165) is 27.9 Å². The Bertz CT molecular complexity index is 1060. The molecule has 4 N–H and O–H groups in total. The van der Waals surface area contributed by atoms with Crippen molar-refractivity contribution in [2.75, 3.05) is 18.0 Å². The Kier molecular flexibility index (Phi) is 5.77. The molecule has 3 amide bonds. The number of hydrogen-bond donors (Lipinski definition) is 3. The second-order valence-corrected chi connectivity index (χ2v) is 7.22. The lowest BCUT2D eigenvalue weighted by Crippen LogP contribution is -2.27. The number of hydrogen-bond acceptors (Lipinski definition) is 3. The third kappa shape index (κ3) is 4.34. The zero-order chi connectivity index (χ0) is 20.9. The monoisotopic (exact) mass is 400 g/mol. The first-order valence-electron chi connectivity index (χ1n) is 9.96. The van der Waals surface area contributed by atoms with Gasteiger partial charge in [0, 0.05) is 37.4 Å². The normalized spacial score (nSPS) is 13.2. The number of nitrogens with zero attached hydrogens (tertiary/aromatic N) is 1. The molecule has 3 aromatic carbocycles. The molecular weight excluding hydrogens is 376 g/mol. The highest BCUT2D eigenvalue weighted by atomic mass is 16.2. The number of nitrogens with two attached hydrogens (primary N) is 1. The Morgan fingerprint density at radius 3 is 2.40 bits per heavy atom. The van der Waals surface area contributed by atoms with Gasteiger partial charge in [0.05, 0.1) is 0 Å². The van der Waals surface area contributed by atoms with Gasteiger partial charge in [0.25, 0.3) is 5.91 Å². The molecule has 30 heavy (non-hydrogen) atoms. The van der Waals surface area contributed by atoms with E-state index in [9.17, 15) is 9.59 Å². The second kappa shape index (κ2) is 8.80. The van der Waals surface area contributed by atoms with Gasteiger partial charge in [-0.25, -0.2) is 4.79 Å². The van der Waals surface area contributed by atoms with Gasteiger partial charge in [0.2, 0.25) is 0 Å². The number of anilines is 1. The van der Waals surface area contributed by atoms with Crippen LogP contribution in [0.5, 0.6) is 0 Å². The summed E-state index contributed by atoms with van der Waals surface area (Å²) in [5.41, 5.74) is 11.2. The van der Waals surface area contributed by atoms with Gasteiger partial charge in [-0.3, -0.25) is 9.69 Å². The van der Waals surface area contributed by atoms with Gasteiger partial charge in [-0.2, -0.15) is 0 Å². The highest BCUT2D eigenvalue weighted by molar-refractivity contribution is 5.95. The summed E-state index contributed by atoms with van der Waals surface area (Å²) in [6, 6.07) is 23.2. The number of rotatable bonds is 6. The van der Waals surface area contributed by atoms with Gasteiger partial charge >= 0.3 is 6.03 Å². The predicted octanol–water partition coefficient (Wildman–Crippen LogP) is 3.27. The van der Waals surface area contributed by atoms with E-state index in [-0.39, 0.29) is 11.9 Å². The van der Waals surface area contributed by atoms with Crippen LogP contribution < -0.4 is 21.3 Å². The van der Waals surface area contributed by atoms with E-state index in [1.807, 2.05) is 66.7 Å². The summed E-state index contributed by atoms with van der Waals surface area (Å²) in [7, 11) is 0. The molecule has 6 nitrogen and oxygen atoms in total. The number of amides is 3. The van der Waals surface area contributed by atoms with Crippen LogP contribution in [0.25, 0.3) is 11.1 Å². The molecule has 1 saturated heterocycles. The van der Waals surface area contributed by atoms with Gasteiger partial charge in [0.15, 0.2) is 0 Å². The van der Waals surface area contributed by atoms with Crippen LogP contribution in [0.2, 0.25) is 0 Å². The molecule has 0 spiro atoms.